The van der Waals surface area contributed by atoms with Crippen molar-refractivity contribution in [2.45, 2.75) is 50.8 Å². The van der Waals surface area contributed by atoms with Gasteiger partial charge in [0.25, 0.3) is 0 Å². The first-order valence-electron chi connectivity index (χ1n) is 6.43. The second-order valence-corrected chi connectivity index (χ2v) is 5.79. The van der Waals surface area contributed by atoms with Crippen LogP contribution in [-0.2, 0) is 6.42 Å². The average Bonchev–Trinajstić information content (AvgIpc) is 2.70. The van der Waals surface area contributed by atoms with E-state index >= 15 is 0 Å². The number of aryl methyl sites for hydroxylation is 1. The summed E-state index contributed by atoms with van der Waals surface area (Å²) in [5.74, 6) is 0.896. The van der Waals surface area contributed by atoms with Gasteiger partial charge in [0.1, 0.15) is 0 Å². The minimum absolute atomic E-state index is 0.324. The predicted molar refractivity (Wildman–Crippen MR) is 71.1 cm³/mol. The van der Waals surface area contributed by atoms with E-state index in [0.29, 0.717) is 5.38 Å². The Balaban J connectivity index is 1.84. The summed E-state index contributed by atoms with van der Waals surface area (Å²) in [6.45, 7) is 2.14. The van der Waals surface area contributed by atoms with Crippen molar-refractivity contribution in [3.63, 3.8) is 0 Å². The van der Waals surface area contributed by atoms with Crippen LogP contribution in [0.2, 0.25) is 0 Å². The van der Waals surface area contributed by atoms with E-state index in [1.807, 2.05) is 0 Å². The zero-order chi connectivity index (χ0) is 11.4. The van der Waals surface area contributed by atoms with Crippen LogP contribution in [0.1, 0.15) is 43.2 Å². The van der Waals surface area contributed by atoms with Crippen molar-refractivity contribution < 1.29 is 0 Å². The molecule has 0 heterocycles. The molecular formula is C15H21Cl. The molecule has 0 spiro atoms. The summed E-state index contributed by atoms with van der Waals surface area (Å²) < 4.78 is 0. The molecule has 16 heavy (non-hydrogen) atoms. The molecule has 0 aromatic heterocycles. The maximum absolute atomic E-state index is 6.45. The van der Waals surface area contributed by atoms with E-state index in [1.165, 1.54) is 43.2 Å². The Bertz CT molecular complexity index is 326. The Morgan fingerprint density at radius 2 is 2.06 bits per heavy atom. The summed E-state index contributed by atoms with van der Waals surface area (Å²) in [6, 6.07) is 8.72. The molecule has 0 aliphatic heterocycles. The van der Waals surface area contributed by atoms with Crippen LogP contribution in [0.5, 0.6) is 0 Å². The van der Waals surface area contributed by atoms with Gasteiger partial charge in [-0.25, -0.2) is 0 Å². The summed E-state index contributed by atoms with van der Waals surface area (Å²) in [7, 11) is 0. The van der Waals surface area contributed by atoms with Crippen molar-refractivity contribution >= 4 is 11.6 Å². The van der Waals surface area contributed by atoms with Gasteiger partial charge in [-0.05, 0) is 31.2 Å². The molecule has 1 aromatic carbocycles. The fourth-order valence-electron chi connectivity index (χ4n) is 2.79. The van der Waals surface area contributed by atoms with Crippen molar-refractivity contribution in [1.29, 1.82) is 0 Å². The molecule has 0 bridgehead atoms. The number of alkyl halides is 1. The smallest absolute Gasteiger partial charge is 0.0379 e. The van der Waals surface area contributed by atoms with Crippen LogP contribution in [0.15, 0.2) is 24.3 Å². The zero-order valence-electron chi connectivity index (χ0n) is 10.1. The van der Waals surface area contributed by atoms with E-state index < -0.39 is 0 Å². The second kappa shape index (κ2) is 5.72. The van der Waals surface area contributed by atoms with Gasteiger partial charge in [-0.3, -0.25) is 0 Å². The Kier molecular flexibility index (Phi) is 4.29. The van der Waals surface area contributed by atoms with Crippen molar-refractivity contribution in [3.05, 3.63) is 35.4 Å². The third-order valence-corrected chi connectivity index (χ3v) is 3.94. The maximum Gasteiger partial charge on any atom is 0.0379 e. The van der Waals surface area contributed by atoms with Gasteiger partial charge in [-0.15, -0.1) is 11.6 Å². The largest absolute Gasteiger partial charge is 0.123 e. The quantitative estimate of drug-likeness (QED) is 0.664. The summed E-state index contributed by atoms with van der Waals surface area (Å²) >= 11 is 6.45. The van der Waals surface area contributed by atoms with Gasteiger partial charge in [0.2, 0.25) is 0 Å². The van der Waals surface area contributed by atoms with E-state index in [0.717, 1.165) is 12.3 Å². The molecule has 1 aromatic rings. The van der Waals surface area contributed by atoms with Gasteiger partial charge in [0.05, 0.1) is 0 Å². The lowest BCUT2D eigenvalue weighted by atomic mass is 9.97. The minimum Gasteiger partial charge on any atom is -0.123 e. The first kappa shape index (κ1) is 12.0. The number of halogens is 1. The highest BCUT2D eigenvalue weighted by Gasteiger charge is 2.18. The molecule has 0 N–H and O–H groups in total. The van der Waals surface area contributed by atoms with Crippen LogP contribution in [0, 0.1) is 12.8 Å². The molecule has 1 unspecified atom stereocenters. The number of hydrogen-bond acceptors (Lipinski definition) is 0. The minimum atomic E-state index is 0.324. The highest BCUT2D eigenvalue weighted by Crippen LogP contribution is 2.30. The van der Waals surface area contributed by atoms with Gasteiger partial charge >= 0.3 is 0 Å². The van der Waals surface area contributed by atoms with Gasteiger partial charge < -0.3 is 0 Å². The number of rotatable bonds is 4. The van der Waals surface area contributed by atoms with Crippen LogP contribution in [-0.4, -0.2) is 5.38 Å². The van der Waals surface area contributed by atoms with Crippen molar-refractivity contribution in [2.24, 2.45) is 5.92 Å². The Morgan fingerprint density at radius 1 is 1.31 bits per heavy atom. The molecule has 1 aliphatic carbocycles. The number of hydrogen-bond donors (Lipinski definition) is 0. The van der Waals surface area contributed by atoms with Crippen molar-refractivity contribution in [1.82, 2.24) is 0 Å². The molecule has 1 atom stereocenters. The summed E-state index contributed by atoms with van der Waals surface area (Å²) in [4.78, 5) is 0. The first-order valence-corrected chi connectivity index (χ1v) is 6.87. The molecule has 1 heteroatoms. The van der Waals surface area contributed by atoms with E-state index in [2.05, 4.69) is 31.2 Å². The second-order valence-electron chi connectivity index (χ2n) is 5.18. The number of benzene rings is 1. The SMILES string of the molecule is Cc1cccc(CC(Cl)CC2CCCC2)c1. The molecular weight excluding hydrogens is 216 g/mol. The van der Waals surface area contributed by atoms with Gasteiger partial charge in [0.15, 0.2) is 0 Å². The lowest BCUT2D eigenvalue weighted by Crippen LogP contribution is -2.09. The lowest BCUT2D eigenvalue weighted by molar-refractivity contribution is 0.488. The van der Waals surface area contributed by atoms with E-state index in [4.69, 9.17) is 11.6 Å². The third kappa shape index (κ3) is 3.52. The fraction of sp³-hybridized carbons (Fsp3) is 0.600. The Morgan fingerprint density at radius 3 is 2.75 bits per heavy atom. The molecule has 0 radical (unpaired) electrons. The summed E-state index contributed by atoms with van der Waals surface area (Å²) in [5, 5.41) is 0.324. The van der Waals surface area contributed by atoms with Gasteiger partial charge in [0, 0.05) is 5.38 Å². The van der Waals surface area contributed by atoms with Gasteiger partial charge in [-0.1, -0.05) is 55.5 Å². The average molecular weight is 237 g/mol. The van der Waals surface area contributed by atoms with Crippen LogP contribution < -0.4 is 0 Å². The fourth-order valence-corrected chi connectivity index (χ4v) is 3.22. The van der Waals surface area contributed by atoms with Crippen LogP contribution >= 0.6 is 11.6 Å². The molecule has 0 saturated heterocycles. The highest BCUT2D eigenvalue weighted by atomic mass is 35.5. The standard InChI is InChI=1S/C15H21Cl/c1-12-5-4-8-14(9-12)11-15(16)10-13-6-2-3-7-13/h4-5,8-9,13,15H,2-3,6-7,10-11H2,1H3. The van der Waals surface area contributed by atoms with Crippen molar-refractivity contribution in [3.8, 4) is 0 Å². The maximum atomic E-state index is 6.45. The molecule has 0 nitrogen and oxygen atoms in total. The molecule has 1 fully saturated rings. The summed E-state index contributed by atoms with van der Waals surface area (Å²) in [6.07, 6.45) is 7.86. The van der Waals surface area contributed by atoms with E-state index in [1.54, 1.807) is 0 Å². The normalized spacial score (nSPS) is 18.9. The Hall–Kier alpha value is -0.490. The van der Waals surface area contributed by atoms with Crippen LogP contribution in [0.25, 0.3) is 0 Å². The van der Waals surface area contributed by atoms with Crippen LogP contribution in [0.3, 0.4) is 0 Å². The molecule has 88 valence electrons. The van der Waals surface area contributed by atoms with E-state index in [-0.39, 0.29) is 0 Å². The van der Waals surface area contributed by atoms with Crippen molar-refractivity contribution in [2.75, 3.05) is 0 Å². The third-order valence-electron chi connectivity index (χ3n) is 3.60. The Labute approximate surface area is 104 Å². The van der Waals surface area contributed by atoms with Gasteiger partial charge in [-0.2, -0.15) is 0 Å². The van der Waals surface area contributed by atoms with Crippen LogP contribution in [0.4, 0.5) is 0 Å². The lowest BCUT2D eigenvalue weighted by Gasteiger charge is -2.14. The molecule has 1 aliphatic rings. The summed E-state index contributed by atoms with van der Waals surface area (Å²) in [5.41, 5.74) is 2.72. The molecule has 2 rings (SSSR count). The highest BCUT2D eigenvalue weighted by molar-refractivity contribution is 6.20. The zero-order valence-corrected chi connectivity index (χ0v) is 10.8. The molecule has 1 saturated carbocycles. The monoisotopic (exact) mass is 236 g/mol. The topological polar surface area (TPSA) is 0 Å². The predicted octanol–water partition coefficient (Wildman–Crippen LogP) is 4.73. The molecule has 0 amide bonds. The first-order chi connectivity index (χ1) is 7.74. The van der Waals surface area contributed by atoms with E-state index in [9.17, 15) is 0 Å².